The van der Waals surface area contributed by atoms with Crippen LogP contribution < -0.4 is 0 Å². The number of carboxylic acid groups (broad SMARTS) is 1. The Labute approximate surface area is 63.1 Å². The normalized spacial score (nSPS) is 23.5. The largest absolute Gasteiger partial charge is 0.481 e. The zero-order valence-electron chi connectivity index (χ0n) is 5.78. The highest BCUT2D eigenvalue weighted by Crippen LogP contribution is 2.17. The quantitative estimate of drug-likeness (QED) is 0.576. The monoisotopic (exact) mass is 156 g/mol. The van der Waals surface area contributed by atoms with Gasteiger partial charge in [0, 0.05) is 12.0 Å². The lowest BCUT2D eigenvalue weighted by Gasteiger charge is -1.92. The highest BCUT2D eigenvalue weighted by molar-refractivity contribution is 6.01. The molecular weight excluding hydrogens is 148 g/mol. The van der Waals surface area contributed by atoms with Crippen molar-refractivity contribution >= 4 is 11.8 Å². The van der Waals surface area contributed by atoms with Crippen LogP contribution >= 0.6 is 0 Å². The molecule has 1 rings (SSSR count). The molecule has 0 radical (unpaired) electrons. The first kappa shape index (κ1) is 7.94. The van der Waals surface area contributed by atoms with E-state index in [4.69, 9.17) is 10.2 Å². The molecule has 4 heteroatoms. The van der Waals surface area contributed by atoms with Crippen LogP contribution in [0.4, 0.5) is 0 Å². The zero-order chi connectivity index (χ0) is 8.43. The number of hydrogen-bond donors (Lipinski definition) is 2. The Morgan fingerprint density at radius 2 is 2.36 bits per heavy atom. The van der Waals surface area contributed by atoms with Gasteiger partial charge in [0.25, 0.3) is 0 Å². The Balaban J connectivity index is 2.64. The maximum atomic E-state index is 10.8. The standard InChI is InChI=1S/C7H8O4/c8-5-1-4(2-7(10)11)6(9)3-5/h1,5,8H,2-3H2,(H,10,11). The molecule has 0 bridgehead atoms. The minimum atomic E-state index is -1.04. The number of aliphatic carboxylic acids is 1. The lowest BCUT2D eigenvalue weighted by Crippen LogP contribution is -2.04. The molecule has 0 aromatic rings. The maximum absolute atomic E-state index is 10.8. The van der Waals surface area contributed by atoms with Crippen molar-refractivity contribution in [2.45, 2.75) is 18.9 Å². The molecule has 60 valence electrons. The third kappa shape index (κ3) is 1.88. The highest BCUT2D eigenvalue weighted by atomic mass is 16.4. The van der Waals surface area contributed by atoms with Gasteiger partial charge in [-0.25, -0.2) is 0 Å². The molecule has 0 saturated heterocycles. The number of carbonyl (C=O) groups excluding carboxylic acids is 1. The van der Waals surface area contributed by atoms with Crippen LogP contribution in [0.25, 0.3) is 0 Å². The number of Topliss-reactive ketones (excluding diaryl/α,β-unsaturated/α-hetero) is 1. The first-order chi connectivity index (χ1) is 5.09. The van der Waals surface area contributed by atoms with Crippen molar-refractivity contribution < 1.29 is 19.8 Å². The van der Waals surface area contributed by atoms with Gasteiger partial charge in [-0.05, 0) is 6.08 Å². The van der Waals surface area contributed by atoms with E-state index in [1.807, 2.05) is 0 Å². The molecular formula is C7H8O4. The van der Waals surface area contributed by atoms with Gasteiger partial charge in [-0.1, -0.05) is 0 Å². The van der Waals surface area contributed by atoms with E-state index in [0.29, 0.717) is 0 Å². The first-order valence-electron chi connectivity index (χ1n) is 3.23. The maximum Gasteiger partial charge on any atom is 0.307 e. The summed E-state index contributed by atoms with van der Waals surface area (Å²) in [5, 5.41) is 17.2. The van der Waals surface area contributed by atoms with Gasteiger partial charge in [0.15, 0.2) is 5.78 Å². The molecule has 0 aromatic carbocycles. The topological polar surface area (TPSA) is 74.6 Å². The summed E-state index contributed by atoms with van der Waals surface area (Å²) in [6.45, 7) is 0. The van der Waals surface area contributed by atoms with Gasteiger partial charge < -0.3 is 10.2 Å². The van der Waals surface area contributed by atoms with Crippen molar-refractivity contribution in [3.8, 4) is 0 Å². The van der Waals surface area contributed by atoms with E-state index in [0.717, 1.165) is 0 Å². The summed E-state index contributed by atoms with van der Waals surface area (Å²) in [6, 6.07) is 0. The Morgan fingerprint density at radius 1 is 1.73 bits per heavy atom. The van der Waals surface area contributed by atoms with Crippen molar-refractivity contribution in [2.24, 2.45) is 0 Å². The summed E-state index contributed by atoms with van der Waals surface area (Å²) < 4.78 is 0. The van der Waals surface area contributed by atoms with E-state index in [9.17, 15) is 9.59 Å². The average Bonchev–Trinajstić information content (AvgIpc) is 2.09. The van der Waals surface area contributed by atoms with Crippen LogP contribution in [0.5, 0.6) is 0 Å². The van der Waals surface area contributed by atoms with E-state index >= 15 is 0 Å². The van der Waals surface area contributed by atoms with Crippen LogP contribution in [0.3, 0.4) is 0 Å². The van der Waals surface area contributed by atoms with E-state index in [1.165, 1.54) is 6.08 Å². The van der Waals surface area contributed by atoms with Crippen molar-refractivity contribution in [3.05, 3.63) is 11.6 Å². The molecule has 0 saturated carbocycles. The number of carbonyl (C=O) groups is 2. The molecule has 0 fully saturated rings. The molecule has 0 aromatic heterocycles. The smallest absolute Gasteiger partial charge is 0.307 e. The van der Waals surface area contributed by atoms with E-state index < -0.39 is 12.1 Å². The second-order valence-corrected chi connectivity index (χ2v) is 2.46. The van der Waals surface area contributed by atoms with Gasteiger partial charge in [-0.3, -0.25) is 9.59 Å². The minimum Gasteiger partial charge on any atom is -0.481 e. The summed E-state index contributed by atoms with van der Waals surface area (Å²) in [7, 11) is 0. The fourth-order valence-corrected chi connectivity index (χ4v) is 1.03. The molecule has 0 spiro atoms. The summed E-state index contributed by atoms with van der Waals surface area (Å²) in [5.74, 6) is -1.31. The lowest BCUT2D eigenvalue weighted by molar-refractivity contribution is -0.136. The molecule has 0 amide bonds. The molecule has 0 aliphatic heterocycles. The van der Waals surface area contributed by atoms with E-state index in [-0.39, 0.29) is 24.2 Å². The predicted octanol–water partition coefficient (Wildman–Crippen LogP) is -0.279. The minimum absolute atomic E-state index is 0.0304. The van der Waals surface area contributed by atoms with Crippen molar-refractivity contribution in [1.82, 2.24) is 0 Å². The van der Waals surface area contributed by atoms with Crippen LogP contribution in [-0.2, 0) is 9.59 Å². The van der Waals surface area contributed by atoms with Gasteiger partial charge in [0.05, 0.1) is 12.5 Å². The van der Waals surface area contributed by atoms with Gasteiger partial charge in [-0.2, -0.15) is 0 Å². The number of aliphatic hydroxyl groups excluding tert-OH is 1. The average molecular weight is 156 g/mol. The summed E-state index contributed by atoms with van der Waals surface area (Å²) in [5.41, 5.74) is 0.213. The SMILES string of the molecule is O=C(O)CC1=CC(O)CC1=O. The third-order valence-corrected chi connectivity index (χ3v) is 1.49. The number of hydrogen-bond acceptors (Lipinski definition) is 3. The lowest BCUT2D eigenvalue weighted by atomic mass is 10.1. The molecule has 1 aliphatic rings. The molecule has 1 atom stereocenters. The van der Waals surface area contributed by atoms with Crippen LogP contribution in [-0.4, -0.2) is 28.1 Å². The van der Waals surface area contributed by atoms with Crippen LogP contribution in [0.1, 0.15) is 12.8 Å². The number of ketones is 1. The Bertz CT molecular complexity index is 229. The van der Waals surface area contributed by atoms with Gasteiger partial charge in [-0.15, -0.1) is 0 Å². The van der Waals surface area contributed by atoms with Gasteiger partial charge in [0.1, 0.15) is 0 Å². The van der Waals surface area contributed by atoms with E-state index in [1.54, 1.807) is 0 Å². The number of carboxylic acids is 1. The van der Waals surface area contributed by atoms with Crippen molar-refractivity contribution in [3.63, 3.8) is 0 Å². The number of aliphatic hydroxyl groups is 1. The highest BCUT2D eigenvalue weighted by Gasteiger charge is 2.23. The van der Waals surface area contributed by atoms with Crippen molar-refractivity contribution in [1.29, 1.82) is 0 Å². The van der Waals surface area contributed by atoms with Crippen LogP contribution in [0.2, 0.25) is 0 Å². The fraction of sp³-hybridized carbons (Fsp3) is 0.429. The molecule has 2 N–H and O–H groups in total. The summed E-state index contributed by atoms with van der Waals surface area (Å²) >= 11 is 0. The second-order valence-electron chi connectivity index (χ2n) is 2.46. The van der Waals surface area contributed by atoms with Gasteiger partial charge >= 0.3 is 5.97 Å². The first-order valence-corrected chi connectivity index (χ1v) is 3.23. The Morgan fingerprint density at radius 3 is 2.73 bits per heavy atom. The second kappa shape index (κ2) is 2.84. The van der Waals surface area contributed by atoms with Crippen LogP contribution in [0, 0.1) is 0 Å². The van der Waals surface area contributed by atoms with Crippen LogP contribution in [0.15, 0.2) is 11.6 Å². The molecule has 1 aliphatic carbocycles. The molecule has 11 heavy (non-hydrogen) atoms. The third-order valence-electron chi connectivity index (χ3n) is 1.49. The Kier molecular flexibility index (Phi) is 2.05. The van der Waals surface area contributed by atoms with Crippen molar-refractivity contribution in [2.75, 3.05) is 0 Å². The molecule has 0 heterocycles. The summed E-state index contributed by atoms with van der Waals surface area (Å²) in [6.07, 6.45) is 0.270. The van der Waals surface area contributed by atoms with Gasteiger partial charge in [0.2, 0.25) is 0 Å². The molecule has 4 nitrogen and oxygen atoms in total. The predicted molar refractivity (Wildman–Crippen MR) is 36.0 cm³/mol. The number of rotatable bonds is 2. The molecule has 1 unspecified atom stereocenters. The fourth-order valence-electron chi connectivity index (χ4n) is 1.03. The van der Waals surface area contributed by atoms with E-state index in [2.05, 4.69) is 0 Å². The summed E-state index contributed by atoms with van der Waals surface area (Å²) in [4.78, 5) is 21.0. The Hall–Kier alpha value is -1.16. The zero-order valence-corrected chi connectivity index (χ0v) is 5.78.